The first kappa shape index (κ1) is 15.2. The van der Waals surface area contributed by atoms with Gasteiger partial charge in [0, 0.05) is 0 Å². The molecule has 1 aromatic heterocycles. The third-order valence-electron chi connectivity index (χ3n) is 3.29. The van der Waals surface area contributed by atoms with Crippen LogP contribution in [0.4, 0.5) is 6.01 Å². The van der Waals surface area contributed by atoms with Crippen LogP contribution in [0.3, 0.4) is 0 Å². The average Bonchev–Trinajstić information content (AvgIpc) is 2.98. The van der Waals surface area contributed by atoms with Crippen molar-refractivity contribution in [3.05, 3.63) is 54.1 Å². The quantitative estimate of drug-likeness (QED) is 0.574. The molecule has 0 aliphatic heterocycles. The van der Waals surface area contributed by atoms with E-state index in [0.717, 1.165) is 11.1 Å². The topological polar surface area (TPSA) is 84.6 Å². The first-order valence-electron chi connectivity index (χ1n) is 7.06. The third kappa shape index (κ3) is 3.40. The fourth-order valence-corrected chi connectivity index (χ4v) is 2.89. The molecule has 118 valence electrons. The Morgan fingerprint density at radius 1 is 1.17 bits per heavy atom. The molecule has 0 unspecified atom stereocenters. The number of hydrogen-bond acceptors (Lipinski definition) is 6. The van der Waals surface area contributed by atoms with Gasteiger partial charge in [-0.3, -0.25) is 0 Å². The number of nitrogens with zero attached hydrogens (tertiary/aromatic N) is 2. The van der Waals surface area contributed by atoms with Crippen LogP contribution in [0.15, 0.2) is 62.9 Å². The zero-order chi connectivity index (χ0) is 16.3. The van der Waals surface area contributed by atoms with E-state index >= 15 is 0 Å². The number of hydrogen-bond donors (Lipinski definition) is 1. The van der Waals surface area contributed by atoms with E-state index in [1.165, 1.54) is 0 Å². The number of oxazole rings is 1. The lowest BCUT2D eigenvalue weighted by atomic mass is 10.2. The van der Waals surface area contributed by atoms with Gasteiger partial charge < -0.3 is 4.42 Å². The van der Waals surface area contributed by atoms with Crippen molar-refractivity contribution in [2.45, 2.75) is 11.8 Å². The van der Waals surface area contributed by atoms with Gasteiger partial charge in [-0.15, -0.1) is 0 Å². The van der Waals surface area contributed by atoms with Gasteiger partial charge in [-0.25, -0.2) is 13.8 Å². The maximum atomic E-state index is 11.7. The number of aromatic nitrogens is 1. The monoisotopic (exact) mass is 329 g/mol. The number of fused-ring (bicyclic) bond motifs is 1. The minimum absolute atomic E-state index is 0.0830. The normalized spacial score (nSPS) is 12.0. The Morgan fingerprint density at radius 3 is 2.61 bits per heavy atom. The molecule has 1 heterocycles. The van der Waals surface area contributed by atoms with E-state index in [-0.39, 0.29) is 5.75 Å². The van der Waals surface area contributed by atoms with Crippen LogP contribution in [0.5, 0.6) is 0 Å². The second-order valence-corrected chi connectivity index (χ2v) is 7.11. The van der Waals surface area contributed by atoms with E-state index < -0.39 is 9.84 Å². The predicted octanol–water partition coefficient (Wildman–Crippen LogP) is 3.07. The lowest BCUT2D eigenvalue weighted by Gasteiger charge is -2.01. The number of sulfone groups is 1. The van der Waals surface area contributed by atoms with Crippen molar-refractivity contribution in [1.29, 1.82) is 0 Å². The molecule has 0 radical (unpaired) electrons. The third-order valence-corrected chi connectivity index (χ3v) is 5.04. The van der Waals surface area contributed by atoms with Gasteiger partial charge in [0.05, 0.1) is 16.9 Å². The number of nitrogens with one attached hydrogen (secondary N) is 1. The summed E-state index contributed by atoms with van der Waals surface area (Å²) in [5.74, 6) is 0.0830. The van der Waals surface area contributed by atoms with E-state index in [1.54, 1.807) is 37.4 Å². The maximum Gasteiger partial charge on any atom is 0.316 e. The molecule has 1 N–H and O–H groups in total. The molecule has 0 saturated heterocycles. The summed E-state index contributed by atoms with van der Waals surface area (Å²) in [5.41, 5.74) is 4.91. The van der Waals surface area contributed by atoms with Gasteiger partial charge in [-0.05, 0) is 29.8 Å². The zero-order valence-corrected chi connectivity index (χ0v) is 13.2. The highest BCUT2D eigenvalue weighted by molar-refractivity contribution is 7.91. The number of hydrazone groups is 1. The SMILES string of the molecule is CCS(=O)(=O)c1ccc(/C=N/Nc2nc3ccccc3o2)cc1. The Hall–Kier alpha value is -2.67. The van der Waals surface area contributed by atoms with E-state index in [4.69, 9.17) is 4.42 Å². The molecule has 0 saturated carbocycles. The average molecular weight is 329 g/mol. The molecule has 2 aromatic carbocycles. The second-order valence-electron chi connectivity index (χ2n) is 4.83. The number of rotatable bonds is 5. The molecule has 0 aliphatic rings. The summed E-state index contributed by atoms with van der Waals surface area (Å²) in [7, 11) is -3.18. The highest BCUT2D eigenvalue weighted by Crippen LogP contribution is 2.18. The van der Waals surface area contributed by atoms with Crippen molar-refractivity contribution in [3.8, 4) is 0 Å². The van der Waals surface area contributed by atoms with Crippen LogP contribution in [0, 0.1) is 0 Å². The summed E-state index contributed by atoms with van der Waals surface area (Å²) in [6, 6.07) is 14.2. The van der Waals surface area contributed by atoms with Crippen molar-refractivity contribution < 1.29 is 12.8 Å². The predicted molar refractivity (Wildman–Crippen MR) is 89.4 cm³/mol. The molecule has 0 atom stereocenters. The van der Waals surface area contributed by atoms with Crippen LogP contribution in [0.2, 0.25) is 0 Å². The minimum Gasteiger partial charge on any atom is -0.422 e. The lowest BCUT2D eigenvalue weighted by molar-refractivity contribution is 0.597. The summed E-state index contributed by atoms with van der Waals surface area (Å²) in [4.78, 5) is 4.54. The molecule has 3 rings (SSSR count). The number of anilines is 1. The van der Waals surface area contributed by atoms with Crippen molar-refractivity contribution in [3.63, 3.8) is 0 Å². The van der Waals surface area contributed by atoms with Gasteiger partial charge >= 0.3 is 6.01 Å². The highest BCUT2D eigenvalue weighted by Gasteiger charge is 2.10. The Balaban J connectivity index is 1.70. The van der Waals surface area contributed by atoms with Crippen LogP contribution < -0.4 is 5.43 Å². The molecule has 7 heteroatoms. The molecule has 0 bridgehead atoms. The van der Waals surface area contributed by atoms with Gasteiger partial charge in [-0.2, -0.15) is 10.1 Å². The first-order valence-corrected chi connectivity index (χ1v) is 8.71. The summed E-state index contributed by atoms with van der Waals surface area (Å²) in [5, 5.41) is 4.04. The highest BCUT2D eigenvalue weighted by atomic mass is 32.2. The summed E-state index contributed by atoms with van der Waals surface area (Å²) >= 11 is 0. The van der Waals surface area contributed by atoms with Gasteiger partial charge in [0.1, 0.15) is 5.52 Å². The fourth-order valence-electron chi connectivity index (χ4n) is 2.01. The van der Waals surface area contributed by atoms with E-state index in [2.05, 4.69) is 15.5 Å². The fraction of sp³-hybridized carbons (Fsp3) is 0.125. The second kappa shape index (κ2) is 6.21. The van der Waals surface area contributed by atoms with Crippen LogP contribution in [-0.2, 0) is 9.84 Å². The molecular formula is C16H15N3O3S. The Labute approximate surface area is 133 Å². The molecular weight excluding hydrogens is 314 g/mol. The van der Waals surface area contributed by atoms with E-state index in [1.807, 2.05) is 24.3 Å². The largest absolute Gasteiger partial charge is 0.422 e. The molecule has 0 spiro atoms. The minimum atomic E-state index is -3.18. The molecule has 0 amide bonds. The van der Waals surface area contributed by atoms with Crippen LogP contribution in [0.25, 0.3) is 11.1 Å². The standard InChI is InChI=1S/C16H15N3O3S/c1-2-23(20,21)13-9-7-12(8-10-13)11-17-19-16-18-14-5-3-4-6-15(14)22-16/h3-11H,2H2,1H3,(H,18,19)/b17-11+. The summed E-state index contributed by atoms with van der Waals surface area (Å²) < 4.78 is 28.9. The Bertz CT molecular complexity index is 911. The smallest absolute Gasteiger partial charge is 0.316 e. The van der Waals surface area contributed by atoms with Gasteiger partial charge in [-0.1, -0.05) is 31.2 Å². The van der Waals surface area contributed by atoms with Gasteiger partial charge in [0.25, 0.3) is 0 Å². The molecule has 6 nitrogen and oxygen atoms in total. The van der Waals surface area contributed by atoms with E-state index in [0.29, 0.717) is 16.5 Å². The zero-order valence-electron chi connectivity index (χ0n) is 12.4. The molecule has 0 fully saturated rings. The van der Waals surface area contributed by atoms with Crippen LogP contribution in [0.1, 0.15) is 12.5 Å². The lowest BCUT2D eigenvalue weighted by Crippen LogP contribution is -2.03. The molecule has 23 heavy (non-hydrogen) atoms. The molecule has 0 aliphatic carbocycles. The van der Waals surface area contributed by atoms with Crippen LogP contribution in [-0.4, -0.2) is 25.4 Å². The van der Waals surface area contributed by atoms with Gasteiger partial charge in [0.2, 0.25) is 0 Å². The van der Waals surface area contributed by atoms with Gasteiger partial charge in [0.15, 0.2) is 15.4 Å². The number of para-hydroxylation sites is 2. The maximum absolute atomic E-state index is 11.7. The summed E-state index contributed by atoms with van der Waals surface area (Å²) in [6.07, 6.45) is 1.57. The van der Waals surface area contributed by atoms with Crippen molar-refractivity contribution in [1.82, 2.24) is 4.98 Å². The first-order chi connectivity index (χ1) is 11.1. The van der Waals surface area contributed by atoms with E-state index in [9.17, 15) is 8.42 Å². The Kier molecular flexibility index (Phi) is 4.12. The number of benzene rings is 2. The Morgan fingerprint density at radius 2 is 1.91 bits per heavy atom. The van der Waals surface area contributed by atoms with Crippen molar-refractivity contribution in [2.24, 2.45) is 5.10 Å². The van der Waals surface area contributed by atoms with Crippen LogP contribution >= 0.6 is 0 Å². The molecule has 3 aromatic rings. The van der Waals surface area contributed by atoms with Crippen molar-refractivity contribution in [2.75, 3.05) is 11.2 Å². The van der Waals surface area contributed by atoms with Crippen molar-refractivity contribution >= 4 is 33.2 Å². The summed E-state index contributed by atoms with van der Waals surface area (Å²) in [6.45, 7) is 1.62.